The smallest absolute Gasteiger partial charge is 0.247 e. The minimum absolute atomic E-state index is 0.0559. The molecular weight excluding hydrogens is 253 g/mol. The monoisotopic (exact) mass is 265 g/mol. The summed E-state index contributed by atoms with van der Waals surface area (Å²) in [6, 6.07) is 0. The molecule has 11 heavy (non-hydrogen) atoms. The average Bonchev–Trinajstić information content (AvgIpc) is 1.86. The molecule has 0 saturated heterocycles. The van der Waals surface area contributed by atoms with Crippen molar-refractivity contribution in [2.45, 2.75) is 23.8 Å². The van der Waals surface area contributed by atoms with E-state index in [0.29, 0.717) is 0 Å². The number of carbonyl (C=O) groups is 1. The molecule has 0 N–H and O–H groups in total. The molecule has 1 amide bonds. The van der Waals surface area contributed by atoms with E-state index in [0.717, 1.165) is 13.0 Å². The first-order valence-corrected chi connectivity index (χ1v) is 4.77. The van der Waals surface area contributed by atoms with Crippen molar-refractivity contribution in [1.82, 2.24) is 4.90 Å². The van der Waals surface area contributed by atoms with Gasteiger partial charge in [0.25, 0.3) is 0 Å². The van der Waals surface area contributed by atoms with Gasteiger partial charge in [0.05, 0.1) is 3.55 Å². The quantitative estimate of drug-likeness (QED) is 0.403. The molecule has 0 atom stereocenters. The van der Waals surface area contributed by atoms with Crippen molar-refractivity contribution >= 4 is 28.5 Å². The van der Waals surface area contributed by atoms with Crippen LogP contribution in [-0.4, -0.2) is 20.9 Å². The molecule has 3 heteroatoms. The second kappa shape index (κ2) is 3.13. The second-order valence-electron chi connectivity index (χ2n) is 3.09. The van der Waals surface area contributed by atoms with E-state index in [-0.39, 0.29) is 9.45 Å². The third-order valence-corrected chi connectivity index (χ3v) is 2.27. The van der Waals surface area contributed by atoms with Crippen LogP contribution in [0, 0.1) is 0 Å². The Morgan fingerprint density at radius 2 is 2.27 bits per heavy atom. The summed E-state index contributed by atoms with van der Waals surface area (Å²) in [4.78, 5) is 13.2. The highest BCUT2D eigenvalue weighted by Gasteiger charge is 2.27. The number of hydrogen-bond donors (Lipinski definition) is 0. The van der Waals surface area contributed by atoms with E-state index in [2.05, 4.69) is 22.6 Å². The molecule has 2 nitrogen and oxygen atoms in total. The van der Waals surface area contributed by atoms with E-state index in [1.807, 2.05) is 24.8 Å². The summed E-state index contributed by atoms with van der Waals surface area (Å²) in [5.74, 6) is 0.135. The number of carbonyl (C=O) groups excluding carboxylic acids is 1. The Labute approximate surface area is 80.8 Å². The van der Waals surface area contributed by atoms with Crippen molar-refractivity contribution in [2.75, 3.05) is 6.54 Å². The van der Waals surface area contributed by atoms with E-state index in [1.54, 1.807) is 6.08 Å². The van der Waals surface area contributed by atoms with Gasteiger partial charge in [0.1, 0.15) is 0 Å². The Morgan fingerprint density at radius 3 is 2.64 bits per heavy atom. The lowest BCUT2D eigenvalue weighted by Gasteiger charge is -2.34. The van der Waals surface area contributed by atoms with Gasteiger partial charge in [0, 0.05) is 6.54 Å². The van der Waals surface area contributed by atoms with E-state index in [4.69, 9.17) is 0 Å². The van der Waals surface area contributed by atoms with Gasteiger partial charge in [0.15, 0.2) is 0 Å². The van der Waals surface area contributed by atoms with Crippen LogP contribution in [0.3, 0.4) is 0 Å². The first-order chi connectivity index (χ1) is 5.02. The van der Waals surface area contributed by atoms with Crippen LogP contribution >= 0.6 is 22.6 Å². The summed E-state index contributed by atoms with van der Waals surface area (Å²) in [5, 5.41) is 0. The molecule has 1 aliphatic heterocycles. The summed E-state index contributed by atoms with van der Waals surface area (Å²) < 4.78 is -0.0559. The van der Waals surface area contributed by atoms with Gasteiger partial charge in [0.2, 0.25) is 5.91 Å². The molecule has 0 spiro atoms. The maximum Gasteiger partial charge on any atom is 0.247 e. The van der Waals surface area contributed by atoms with Crippen LogP contribution in [0.5, 0.6) is 0 Å². The summed E-state index contributed by atoms with van der Waals surface area (Å²) in [6.07, 6.45) is 4.57. The van der Waals surface area contributed by atoms with Crippen molar-refractivity contribution < 1.29 is 4.79 Å². The minimum atomic E-state index is -0.0559. The highest BCUT2D eigenvalue weighted by molar-refractivity contribution is 14.1. The Bertz CT molecular complexity index is 193. The molecule has 1 heterocycles. The topological polar surface area (TPSA) is 20.3 Å². The van der Waals surface area contributed by atoms with Gasteiger partial charge in [-0.25, -0.2) is 0 Å². The van der Waals surface area contributed by atoms with Crippen LogP contribution in [0.2, 0.25) is 0 Å². The summed E-state index contributed by atoms with van der Waals surface area (Å²) >= 11 is 2.28. The number of hydrogen-bond acceptors (Lipinski definition) is 1. The number of rotatable bonds is 1. The number of amides is 1. The third-order valence-electron chi connectivity index (χ3n) is 1.69. The molecule has 0 fully saturated rings. The lowest BCUT2D eigenvalue weighted by molar-refractivity contribution is -0.128. The lowest BCUT2D eigenvalue weighted by Crippen LogP contribution is -2.44. The number of alkyl halides is 1. The maximum absolute atomic E-state index is 11.3. The summed E-state index contributed by atoms with van der Waals surface area (Å²) in [7, 11) is 0. The van der Waals surface area contributed by atoms with Gasteiger partial charge in [-0.1, -0.05) is 28.7 Å². The van der Waals surface area contributed by atoms with Crippen LogP contribution in [0.4, 0.5) is 0 Å². The Balaban J connectivity index is 2.74. The second-order valence-corrected chi connectivity index (χ2v) is 5.73. The Morgan fingerprint density at radius 1 is 1.64 bits per heavy atom. The zero-order valence-corrected chi connectivity index (χ0v) is 8.96. The maximum atomic E-state index is 11.3. The Kier molecular flexibility index (Phi) is 2.57. The molecule has 0 radical (unpaired) electrons. The fraction of sp³-hybridized carbons (Fsp3) is 0.625. The highest BCUT2D eigenvalue weighted by atomic mass is 127. The van der Waals surface area contributed by atoms with Crippen LogP contribution < -0.4 is 0 Å². The van der Waals surface area contributed by atoms with Gasteiger partial charge in [-0.2, -0.15) is 0 Å². The number of halogens is 1. The van der Waals surface area contributed by atoms with Crippen molar-refractivity contribution in [3.63, 3.8) is 0 Å². The van der Waals surface area contributed by atoms with Crippen LogP contribution in [-0.2, 0) is 4.79 Å². The zero-order valence-electron chi connectivity index (χ0n) is 6.80. The molecule has 62 valence electrons. The summed E-state index contributed by atoms with van der Waals surface area (Å²) in [5.41, 5.74) is 0. The minimum Gasteiger partial charge on any atom is -0.325 e. The van der Waals surface area contributed by atoms with E-state index in [9.17, 15) is 4.79 Å². The number of nitrogens with zero attached hydrogens (tertiary/aromatic N) is 1. The van der Waals surface area contributed by atoms with Crippen LogP contribution in [0.25, 0.3) is 0 Å². The first-order valence-electron chi connectivity index (χ1n) is 3.69. The lowest BCUT2D eigenvalue weighted by atomic mass is 10.2. The predicted octanol–water partition coefficient (Wildman–Crippen LogP) is 1.95. The molecule has 0 unspecified atom stereocenters. The fourth-order valence-electron chi connectivity index (χ4n) is 1.12. The SMILES string of the molecule is CC(C)(I)N1CCC=CC1=O. The van der Waals surface area contributed by atoms with Crippen molar-refractivity contribution in [1.29, 1.82) is 0 Å². The fourth-order valence-corrected chi connectivity index (χ4v) is 1.59. The largest absolute Gasteiger partial charge is 0.325 e. The van der Waals surface area contributed by atoms with Gasteiger partial charge in [-0.15, -0.1) is 0 Å². The molecule has 0 bridgehead atoms. The molecule has 0 aromatic rings. The van der Waals surface area contributed by atoms with Gasteiger partial charge < -0.3 is 4.90 Å². The molecule has 0 saturated carbocycles. The predicted molar refractivity (Wildman–Crippen MR) is 53.6 cm³/mol. The third kappa shape index (κ3) is 2.18. The summed E-state index contributed by atoms with van der Waals surface area (Å²) in [6.45, 7) is 4.94. The molecule has 1 aliphatic rings. The molecule has 0 aromatic heterocycles. The highest BCUT2D eigenvalue weighted by Crippen LogP contribution is 2.24. The van der Waals surface area contributed by atoms with Gasteiger partial charge in [-0.05, 0) is 26.3 Å². The van der Waals surface area contributed by atoms with Crippen LogP contribution in [0.1, 0.15) is 20.3 Å². The first kappa shape index (κ1) is 9.03. The van der Waals surface area contributed by atoms with Gasteiger partial charge >= 0.3 is 0 Å². The molecule has 0 aliphatic carbocycles. The standard InChI is InChI=1S/C8H12INO/c1-8(2,9)10-6-4-3-5-7(10)11/h3,5H,4,6H2,1-2H3. The van der Waals surface area contributed by atoms with Crippen molar-refractivity contribution in [3.8, 4) is 0 Å². The van der Waals surface area contributed by atoms with Crippen molar-refractivity contribution in [3.05, 3.63) is 12.2 Å². The van der Waals surface area contributed by atoms with E-state index in [1.165, 1.54) is 0 Å². The van der Waals surface area contributed by atoms with Gasteiger partial charge in [-0.3, -0.25) is 4.79 Å². The van der Waals surface area contributed by atoms with E-state index >= 15 is 0 Å². The Hall–Kier alpha value is -0.0600. The normalized spacial score (nSPS) is 19.2. The molecular formula is C8H12INO. The average molecular weight is 265 g/mol. The van der Waals surface area contributed by atoms with E-state index < -0.39 is 0 Å². The van der Waals surface area contributed by atoms with Crippen LogP contribution in [0.15, 0.2) is 12.2 Å². The molecule has 1 rings (SSSR count). The zero-order chi connectivity index (χ0) is 8.48. The van der Waals surface area contributed by atoms with Crippen molar-refractivity contribution in [2.24, 2.45) is 0 Å². The molecule has 0 aromatic carbocycles.